The molecule has 61 heavy (non-hydrogen) atoms. The van der Waals surface area contributed by atoms with Crippen LogP contribution < -0.4 is 4.90 Å². The second kappa shape index (κ2) is 15.7. The Bertz CT molecular complexity index is 3020. The van der Waals surface area contributed by atoms with Crippen LogP contribution in [0.4, 0.5) is 17.1 Å². The van der Waals surface area contributed by atoms with Gasteiger partial charge >= 0.3 is 0 Å². The summed E-state index contributed by atoms with van der Waals surface area (Å²) in [5.74, 6) is 1.20. The minimum atomic E-state index is -0.109. The van der Waals surface area contributed by atoms with E-state index in [4.69, 9.17) is 0 Å². The average molecular weight is 806 g/mol. The molecule has 3 aliphatic rings. The standard InChI is InChI=1S/C59H51NS/c1-59(2)54-29-10-8-25-49(54)41-18-12-20-42(21-13-19-41)53-39-47(36-37-55(53)59)60(46-23-14-22-44(38-46)40-16-4-3-5-17-40)45-34-32-43(33-35-45)48-24-6-7-26-50(48)51-28-15-31-57-58(51)52-27-9-11-30-56(52)61-57/h3-11,14-17,22-39,41-42H,12-13,18-21H2,1-2H3/t41-,42+. The summed E-state index contributed by atoms with van der Waals surface area (Å²) in [6, 6.07) is 70.6. The number of benzene rings is 8. The van der Waals surface area contributed by atoms with Crippen molar-refractivity contribution in [3.8, 4) is 33.4 Å². The van der Waals surface area contributed by atoms with Crippen molar-refractivity contribution in [2.75, 3.05) is 4.90 Å². The Morgan fingerprint density at radius 3 is 1.84 bits per heavy atom. The third-order valence-corrected chi connectivity index (χ3v) is 15.1. The molecule has 8 aromatic carbocycles. The van der Waals surface area contributed by atoms with Crippen molar-refractivity contribution in [3.63, 3.8) is 0 Å². The van der Waals surface area contributed by atoms with Gasteiger partial charge in [0.2, 0.25) is 0 Å². The molecule has 0 spiro atoms. The Labute approximate surface area is 365 Å². The zero-order valence-electron chi connectivity index (χ0n) is 35.2. The molecule has 0 N–H and O–H groups in total. The first-order chi connectivity index (χ1) is 30.0. The van der Waals surface area contributed by atoms with Crippen LogP contribution >= 0.6 is 11.3 Å². The van der Waals surface area contributed by atoms with E-state index in [0.717, 1.165) is 11.4 Å². The maximum absolute atomic E-state index is 2.58. The summed E-state index contributed by atoms with van der Waals surface area (Å²) in [6.07, 6.45) is 7.61. The van der Waals surface area contributed by atoms with Gasteiger partial charge in [-0.2, -0.15) is 0 Å². The first kappa shape index (κ1) is 37.8. The molecule has 12 rings (SSSR count). The van der Waals surface area contributed by atoms with E-state index in [1.54, 1.807) is 5.56 Å². The van der Waals surface area contributed by atoms with Gasteiger partial charge < -0.3 is 4.90 Å². The molecule has 0 aliphatic heterocycles. The number of hydrogen-bond acceptors (Lipinski definition) is 2. The van der Waals surface area contributed by atoms with E-state index >= 15 is 0 Å². The van der Waals surface area contributed by atoms with Gasteiger partial charge in [0, 0.05) is 42.6 Å². The number of nitrogens with zero attached hydrogens (tertiary/aromatic N) is 1. The predicted octanol–water partition coefficient (Wildman–Crippen LogP) is 17.4. The van der Waals surface area contributed by atoms with E-state index in [0.29, 0.717) is 11.8 Å². The van der Waals surface area contributed by atoms with E-state index in [9.17, 15) is 0 Å². The van der Waals surface area contributed by atoms with Gasteiger partial charge in [-0.15, -0.1) is 11.3 Å². The normalized spacial score (nSPS) is 17.1. The van der Waals surface area contributed by atoms with Crippen LogP contribution in [0.1, 0.15) is 86.5 Å². The third kappa shape index (κ3) is 6.78. The Balaban J connectivity index is 1.06. The maximum Gasteiger partial charge on any atom is 0.0467 e. The summed E-state index contributed by atoms with van der Waals surface area (Å²) < 4.78 is 2.66. The molecule has 0 unspecified atom stereocenters. The fourth-order valence-electron chi connectivity index (χ4n) is 11.0. The summed E-state index contributed by atoms with van der Waals surface area (Å²) >= 11 is 1.88. The molecular formula is C59H51NS. The molecule has 0 amide bonds. The molecule has 1 saturated carbocycles. The van der Waals surface area contributed by atoms with Crippen LogP contribution in [-0.2, 0) is 5.41 Å². The van der Waals surface area contributed by atoms with Crippen LogP contribution in [0.15, 0.2) is 188 Å². The van der Waals surface area contributed by atoms with Gasteiger partial charge in [-0.05, 0) is 142 Å². The van der Waals surface area contributed by atoms with Crippen molar-refractivity contribution < 1.29 is 0 Å². The summed E-state index contributed by atoms with van der Waals surface area (Å²) in [5, 5.41) is 2.67. The molecular weight excluding hydrogens is 755 g/mol. The number of rotatable bonds is 6. The van der Waals surface area contributed by atoms with Gasteiger partial charge in [-0.3, -0.25) is 0 Å². The summed E-state index contributed by atoms with van der Waals surface area (Å²) in [6.45, 7) is 4.95. The zero-order valence-corrected chi connectivity index (χ0v) is 36.0. The zero-order chi connectivity index (χ0) is 40.9. The number of fused-ring (bicyclic) bond motifs is 7. The van der Waals surface area contributed by atoms with Crippen LogP contribution in [0.3, 0.4) is 0 Å². The predicted molar refractivity (Wildman–Crippen MR) is 262 cm³/mol. The van der Waals surface area contributed by atoms with Gasteiger partial charge in [-0.1, -0.05) is 166 Å². The van der Waals surface area contributed by atoms with E-state index < -0.39 is 0 Å². The average Bonchev–Trinajstić information content (AvgIpc) is 3.69. The smallest absolute Gasteiger partial charge is 0.0467 e. The molecule has 1 nitrogen and oxygen atoms in total. The lowest BCUT2D eigenvalue weighted by atomic mass is 9.66. The van der Waals surface area contributed by atoms with Crippen molar-refractivity contribution in [3.05, 3.63) is 210 Å². The first-order valence-corrected chi connectivity index (χ1v) is 23.1. The van der Waals surface area contributed by atoms with Crippen molar-refractivity contribution in [1.29, 1.82) is 0 Å². The molecule has 3 aliphatic carbocycles. The van der Waals surface area contributed by atoms with Gasteiger partial charge in [0.25, 0.3) is 0 Å². The van der Waals surface area contributed by atoms with Crippen LogP contribution in [-0.4, -0.2) is 0 Å². The number of hydrogen-bond donors (Lipinski definition) is 0. The van der Waals surface area contributed by atoms with Crippen LogP contribution in [0.2, 0.25) is 0 Å². The highest BCUT2D eigenvalue weighted by Crippen LogP contribution is 2.50. The second-order valence-electron chi connectivity index (χ2n) is 17.9. The molecule has 1 aromatic heterocycles. The van der Waals surface area contributed by atoms with E-state index in [1.165, 1.54) is 114 Å². The van der Waals surface area contributed by atoms with E-state index in [-0.39, 0.29) is 5.41 Å². The fourth-order valence-corrected chi connectivity index (χ4v) is 12.1. The molecule has 0 saturated heterocycles. The van der Waals surface area contributed by atoms with Crippen molar-refractivity contribution in [1.82, 2.24) is 0 Å². The fraction of sp³-hybridized carbons (Fsp3) is 0.186. The molecule has 298 valence electrons. The minimum absolute atomic E-state index is 0.109. The Kier molecular flexibility index (Phi) is 9.70. The molecule has 2 bridgehead atoms. The van der Waals surface area contributed by atoms with Crippen LogP contribution in [0.25, 0.3) is 53.6 Å². The van der Waals surface area contributed by atoms with E-state index in [1.807, 2.05) is 11.3 Å². The Morgan fingerprint density at radius 1 is 0.426 bits per heavy atom. The molecule has 0 atom stereocenters. The molecule has 1 fully saturated rings. The third-order valence-electron chi connectivity index (χ3n) is 14.0. The van der Waals surface area contributed by atoms with E-state index in [2.05, 4.69) is 207 Å². The molecule has 1 heterocycles. The van der Waals surface area contributed by atoms with Crippen LogP contribution in [0.5, 0.6) is 0 Å². The molecule has 9 aromatic rings. The lowest BCUT2D eigenvalue weighted by Crippen LogP contribution is -2.27. The second-order valence-corrected chi connectivity index (χ2v) is 18.9. The summed E-state index contributed by atoms with van der Waals surface area (Å²) in [7, 11) is 0. The van der Waals surface area contributed by atoms with Gasteiger partial charge in [-0.25, -0.2) is 0 Å². The van der Waals surface area contributed by atoms with Gasteiger partial charge in [0.1, 0.15) is 0 Å². The monoisotopic (exact) mass is 805 g/mol. The number of thiophene rings is 1. The maximum atomic E-state index is 2.58. The highest BCUT2D eigenvalue weighted by atomic mass is 32.1. The van der Waals surface area contributed by atoms with Gasteiger partial charge in [0.15, 0.2) is 0 Å². The van der Waals surface area contributed by atoms with Crippen molar-refractivity contribution in [2.45, 2.75) is 69.6 Å². The molecule has 2 heteroatoms. The largest absolute Gasteiger partial charge is 0.310 e. The highest BCUT2D eigenvalue weighted by Gasteiger charge is 2.35. The summed E-state index contributed by atoms with van der Waals surface area (Å²) in [4.78, 5) is 2.50. The minimum Gasteiger partial charge on any atom is -0.310 e. The lowest BCUT2D eigenvalue weighted by Gasteiger charge is -2.38. The molecule has 0 radical (unpaired) electrons. The quantitative estimate of drug-likeness (QED) is 0.162. The van der Waals surface area contributed by atoms with Crippen molar-refractivity contribution in [2.24, 2.45) is 0 Å². The summed E-state index contributed by atoms with van der Waals surface area (Å²) in [5.41, 5.74) is 17.0. The number of anilines is 3. The van der Waals surface area contributed by atoms with Crippen molar-refractivity contribution >= 4 is 48.6 Å². The Morgan fingerprint density at radius 2 is 1.02 bits per heavy atom. The lowest BCUT2D eigenvalue weighted by molar-refractivity contribution is 0.405. The van der Waals surface area contributed by atoms with Crippen LogP contribution in [0, 0.1) is 0 Å². The SMILES string of the molecule is CC1(C)c2ccccc2[C@H]2CCC[C@H](CCC2)c2cc(N(c3ccc(-c4ccccc4-c4cccc5sc6ccccc6c45)cc3)c3cccc(-c4ccccc4)c3)ccc21. The highest BCUT2D eigenvalue weighted by molar-refractivity contribution is 7.25. The topological polar surface area (TPSA) is 3.24 Å². The Hall–Kier alpha value is -6.22. The van der Waals surface area contributed by atoms with Gasteiger partial charge in [0.05, 0.1) is 0 Å². The first-order valence-electron chi connectivity index (χ1n) is 22.3.